The van der Waals surface area contributed by atoms with Crippen LogP contribution in [0.15, 0.2) is 4.99 Å². The number of guanidine groups is 1. The van der Waals surface area contributed by atoms with E-state index < -0.39 is 0 Å². The van der Waals surface area contributed by atoms with Crippen LogP contribution in [0.3, 0.4) is 0 Å². The number of ether oxygens (including phenoxy) is 1. The molecule has 180 valence electrons. The quantitative estimate of drug-likeness (QED) is 0.447. The summed E-state index contributed by atoms with van der Waals surface area (Å²) in [6.07, 6.45) is 6.57. The van der Waals surface area contributed by atoms with Crippen LogP contribution < -0.4 is 10.6 Å². The number of hydrogen-bond donors (Lipinski definition) is 2. The Hall–Kier alpha value is -0.890. The van der Waals surface area contributed by atoms with Gasteiger partial charge >= 0.3 is 0 Å². The Labute approximate surface area is 191 Å². The van der Waals surface area contributed by atoms with E-state index in [0.717, 1.165) is 65.0 Å². The maximum absolute atomic E-state index is 5.64. The first-order valence-electron chi connectivity index (χ1n) is 12.8. The fourth-order valence-electron chi connectivity index (χ4n) is 5.53. The normalized spacial score (nSPS) is 25.5. The van der Waals surface area contributed by atoms with E-state index in [4.69, 9.17) is 9.73 Å². The predicted molar refractivity (Wildman–Crippen MR) is 130 cm³/mol. The topological polar surface area (TPSA) is 55.4 Å². The number of nitrogens with one attached hydrogen (secondary N) is 2. The van der Waals surface area contributed by atoms with Crippen molar-refractivity contribution in [1.82, 2.24) is 25.3 Å². The highest BCUT2D eigenvalue weighted by molar-refractivity contribution is 5.79. The molecule has 2 saturated heterocycles. The summed E-state index contributed by atoms with van der Waals surface area (Å²) in [6, 6.07) is 0.542. The average Bonchev–Trinajstić information content (AvgIpc) is 2.79. The second-order valence-electron chi connectivity index (χ2n) is 10.1. The van der Waals surface area contributed by atoms with Gasteiger partial charge in [0.05, 0.1) is 19.8 Å². The van der Waals surface area contributed by atoms with E-state index in [0.29, 0.717) is 12.0 Å². The fourth-order valence-corrected chi connectivity index (χ4v) is 5.53. The summed E-state index contributed by atoms with van der Waals surface area (Å²) >= 11 is 0. The summed E-state index contributed by atoms with van der Waals surface area (Å²) in [5.74, 6) is 1.61. The van der Waals surface area contributed by atoms with Crippen LogP contribution in [0.2, 0.25) is 0 Å². The first-order valence-corrected chi connectivity index (χ1v) is 12.8. The van der Waals surface area contributed by atoms with Gasteiger partial charge in [0, 0.05) is 63.9 Å². The molecule has 1 atom stereocenters. The van der Waals surface area contributed by atoms with Crippen LogP contribution in [0.4, 0.5) is 0 Å². The molecule has 0 amide bonds. The summed E-state index contributed by atoms with van der Waals surface area (Å²) in [6.45, 7) is 18.1. The Morgan fingerprint density at radius 2 is 1.65 bits per heavy atom. The third-order valence-corrected chi connectivity index (χ3v) is 7.60. The second-order valence-corrected chi connectivity index (χ2v) is 10.1. The maximum atomic E-state index is 5.64. The summed E-state index contributed by atoms with van der Waals surface area (Å²) in [7, 11) is 2.23. The van der Waals surface area contributed by atoms with Gasteiger partial charge in [-0.2, -0.15) is 0 Å². The van der Waals surface area contributed by atoms with Crippen molar-refractivity contribution in [2.75, 3.05) is 79.2 Å². The van der Waals surface area contributed by atoms with Crippen molar-refractivity contribution in [2.45, 2.75) is 64.5 Å². The number of piperazine rings is 1. The van der Waals surface area contributed by atoms with Crippen LogP contribution in [0.5, 0.6) is 0 Å². The highest BCUT2D eigenvalue weighted by Crippen LogP contribution is 2.34. The van der Waals surface area contributed by atoms with E-state index >= 15 is 0 Å². The van der Waals surface area contributed by atoms with Crippen LogP contribution in [0.25, 0.3) is 0 Å². The van der Waals surface area contributed by atoms with E-state index in [1.54, 1.807) is 0 Å². The molecule has 1 unspecified atom stereocenters. The highest BCUT2D eigenvalue weighted by Gasteiger charge is 2.38. The lowest BCUT2D eigenvalue weighted by atomic mass is 9.80. The molecule has 7 heteroatoms. The lowest BCUT2D eigenvalue weighted by Gasteiger charge is -2.47. The predicted octanol–water partition coefficient (Wildman–Crippen LogP) is 1.85. The molecule has 0 aromatic heterocycles. The number of morpholine rings is 1. The molecule has 1 saturated carbocycles. The van der Waals surface area contributed by atoms with Crippen LogP contribution in [0.1, 0.15) is 52.9 Å². The number of rotatable bonds is 8. The molecule has 0 spiro atoms. The van der Waals surface area contributed by atoms with Crippen molar-refractivity contribution < 1.29 is 4.74 Å². The zero-order chi connectivity index (χ0) is 22.1. The first kappa shape index (κ1) is 24.7. The summed E-state index contributed by atoms with van der Waals surface area (Å²) in [5, 5.41) is 7.23. The van der Waals surface area contributed by atoms with Gasteiger partial charge in [-0.3, -0.25) is 14.8 Å². The van der Waals surface area contributed by atoms with E-state index in [-0.39, 0.29) is 5.54 Å². The molecule has 1 aliphatic carbocycles. The Morgan fingerprint density at radius 1 is 0.968 bits per heavy atom. The number of hydrogen-bond acceptors (Lipinski definition) is 5. The van der Waals surface area contributed by atoms with Gasteiger partial charge in [0.15, 0.2) is 5.96 Å². The molecule has 3 fully saturated rings. The molecule has 3 aliphatic rings. The molecule has 2 heterocycles. The molecular formula is C24H48N6O. The van der Waals surface area contributed by atoms with Crippen molar-refractivity contribution >= 4 is 5.96 Å². The first-order chi connectivity index (χ1) is 15.0. The molecule has 31 heavy (non-hydrogen) atoms. The minimum Gasteiger partial charge on any atom is -0.379 e. The smallest absolute Gasteiger partial charge is 0.191 e. The van der Waals surface area contributed by atoms with Crippen LogP contribution in [0, 0.1) is 5.92 Å². The fraction of sp³-hybridized carbons (Fsp3) is 0.958. The van der Waals surface area contributed by atoms with E-state index in [1.165, 1.54) is 45.2 Å². The molecule has 2 N–H and O–H groups in total. The van der Waals surface area contributed by atoms with Crippen LogP contribution in [-0.2, 0) is 4.74 Å². The molecule has 7 nitrogen and oxygen atoms in total. The van der Waals surface area contributed by atoms with Crippen LogP contribution >= 0.6 is 0 Å². The van der Waals surface area contributed by atoms with Crippen molar-refractivity contribution in [2.24, 2.45) is 10.9 Å². The second kappa shape index (κ2) is 12.4. The minimum atomic E-state index is 0.222. The van der Waals surface area contributed by atoms with Gasteiger partial charge in [-0.1, -0.05) is 33.1 Å². The summed E-state index contributed by atoms with van der Waals surface area (Å²) in [5.41, 5.74) is 0.222. The van der Waals surface area contributed by atoms with Gasteiger partial charge in [0.2, 0.25) is 0 Å². The Morgan fingerprint density at radius 3 is 2.26 bits per heavy atom. The number of likely N-dealkylation sites (N-methyl/N-ethyl adjacent to an activating group) is 1. The van der Waals surface area contributed by atoms with Crippen molar-refractivity contribution in [3.63, 3.8) is 0 Å². The van der Waals surface area contributed by atoms with Gasteiger partial charge in [-0.15, -0.1) is 0 Å². The molecule has 3 rings (SSSR count). The summed E-state index contributed by atoms with van der Waals surface area (Å²) < 4.78 is 5.64. The lowest BCUT2D eigenvalue weighted by Crippen LogP contribution is -2.57. The monoisotopic (exact) mass is 436 g/mol. The third-order valence-electron chi connectivity index (χ3n) is 7.60. The third kappa shape index (κ3) is 7.04. The van der Waals surface area contributed by atoms with Gasteiger partial charge in [0.1, 0.15) is 0 Å². The van der Waals surface area contributed by atoms with Crippen LogP contribution in [-0.4, -0.2) is 111 Å². The van der Waals surface area contributed by atoms with Crippen molar-refractivity contribution in [3.8, 4) is 0 Å². The Balaban J connectivity index is 1.63. The summed E-state index contributed by atoms with van der Waals surface area (Å²) in [4.78, 5) is 12.9. The lowest BCUT2D eigenvalue weighted by molar-refractivity contribution is -0.0333. The maximum Gasteiger partial charge on any atom is 0.191 e. The van der Waals surface area contributed by atoms with E-state index in [1.807, 2.05) is 0 Å². The molecule has 0 radical (unpaired) electrons. The van der Waals surface area contributed by atoms with E-state index in [9.17, 15) is 0 Å². The number of nitrogens with zero attached hydrogens (tertiary/aromatic N) is 4. The molecule has 0 aromatic carbocycles. The molecule has 0 bridgehead atoms. The van der Waals surface area contributed by atoms with Crippen molar-refractivity contribution in [3.05, 3.63) is 0 Å². The zero-order valence-electron chi connectivity index (χ0n) is 20.7. The SMILES string of the molecule is CCNC(=NCC1(N2CCOCC2)CCCCC1)NCC(C(C)C)N1CCN(C)CC1. The van der Waals surface area contributed by atoms with Crippen molar-refractivity contribution in [1.29, 1.82) is 0 Å². The highest BCUT2D eigenvalue weighted by atomic mass is 16.5. The Bertz CT molecular complexity index is 534. The van der Waals surface area contributed by atoms with Gasteiger partial charge in [-0.25, -0.2) is 0 Å². The molecular weight excluding hydrogens is 388 g/mol. The standard InChI is InChI=1S/C24H48N6O/c1-5-25-23(26-19-22(21(2)3)29-13-11-28(4)12-14-29)27-20-24(9-7-6-8-10-24)30-15-17-31-18-16-30/h21-22H,5-20H2,1-4H3,(H2,25,26,27). The zero-order valence-corrected chi connectivity index (χ0v) is 20.7. The molecule has 0 aromatic rings. The minimum absolute atomic E-state index is 0.222. The molecule has 2 aliphatic heterocycles. The largest absolute Gasteiger partial charge is 0.379 e. The van der Waals surface area contributed by atoms with Gasteiger partial charge < -0.3 is 20.3 Å². The van der Waals surface area contributed by atoms with Gasteiger partial charge in [-0.05, 0) is 32.7 Å². The Kier molecular flexibility index (Phi) is 9.88. The average molecular weight is 437 g/mol. The number of aliphatic imine (C=N–C) groups is 1. The van der Waals surface area contributed by atoms with Gasteiger partial charge in [0.25, 0.3) is 0 Å². The van der Waals surface area contributed by atoms with E-state index in [2.05, 4.69) is 53.2 Å².